The molecule has 1 N–H and O–H groups in total. The van der Waals surface area contributed by atoms with Gasteiger partial charge in [-0.2, -0.15) is 0 Å². The molecule has 1 atom stereocenters. The maximum Gasteiger partial charge on any atom is 0.128 e. The summed E-state index contributed by atoms with van der Waals surface area (Å²) in [7, 11) is 0. The zero-order valence-corrected chi connectivity index (χ0v) is 13.9. The monoisotopic (exact) mass is 311 g/mol. The van der Waals surface area contributed by atoms with Gasteiger partial charge >= 0.3 is 0 Å². The summed E-state index contributed by atoms with van der Waals surface area (Å²) in [6, 6.07) is 13.8. The summed E-state index contributed by atoms with van der Waals surface area (Å²) < 4.78 is 0. The molecule has 1 aromatic carbocycles. The van der Waals surface area contributed by atoms with E-state index in [9.17, 15) is 5.11 Å². The lowest BCUT2D eigenvalue weighted by atomic mass is 10.0. The SMILES string of the molecule is CCN1CCN(c2ccc([C@H](O)c3ccccc3)c(C)n2)CC1. The van der Waals surface area contributed by atoms with Gasteiger partial charge in [0.2, 0.25) is 0 Å². The molecule has 1 saturated heterocycles. The molecule has 0 amide bonds. The van der Waals surface area contributed by atoms with Crippen molar-refractivity contribution in [3.8, 4) is 0 Å². The molecule has 0 bridgehead atoms. The quantitative estimate of drug-likeness (QED) is 0.942. The third-order valence-corrected chi connectivity index (χ3v) is 4.67. The number of piperazine rings is 1. The fourth-order valence-electron chi connectivity index (χ4n) is 3.13. The predicted molar refractivity (Wildman–Crippen MR) is 93.8 cm³/mol. The molecular formula is C19H25N3O. The molecule has 1 aliphatic heterocycles. The zero-order valence-electron chi connectivity index (χ0n) is 13.9. The van der Waals surface area contributed by atoms with Gasteiger partial charge in [0.25, 0.3) is 0 Å². The largest absolute Gasteiger partial charge is 0.384 e. The third-order valence-electron chi connectivity index (χ3n) is 4.67. The van der Waals surface area contributed by atoms with Crippen molar-refractivity contribution in [1.82, 2.24) is 9.88 Å². The summed E-state index contributed by atoms with van der Waals surface area (Å²) in [6.45, 7) is 9.51. The molecule has 0 saturated carbocycles. The molecule has 3 rings (SSSR count). The first kappa shape index (κ1) is 16.0. The normalized spacial score (nSPS) is 17.3. The van der Waals surface area contributed by atoms with E-state index in [0.29, 0.717) is 0 Å². The maximum atomic E-state index is 10.6. The van der Waals surface area contributed by atoms with Crippen molar-refractivity contribution in [2.75, 3.05) is 37.6 Å². The van der Waals surface area contributed by atoms with Gasteiger partial charge in [-0.05, 0) is 25.1 Å². The average Bonchev–Trinajstić information content (AvgIpc) is 2.62. The number of aromatic nitrogens is 1. The van der Waals surface area contributed by atoms with E-state index in [4.69, 9.17) is 4.98 Å². The molecule has 2 aromatic rings. The van der Waals surface area contributed by atoms with Crippen LogP contribution in [0.5, 0.6) is 0 Å². The minimum Gasteiger partial charge on any atom is -0.384 e. The Morgan fingerprint density at radius 1 is 1.04 bits per heavy atom. The lowest BCUT2D eigenvalue weighted by molar-refractivity contribution is 0.219. The first-order valence-electron chi connectivity index (χ1n) is 8.37. The van der Waals surface area contributed by atoms with Gasteiger partial charge in [0, 0.05) is 37.4 Å². The lowest BCUT2D eigenvalue weighted by Gasteiger charge is -2.35. The van der Waals surface area contributed by atoms with Crippen LogP contribution in [0.25, 0.3) is 0 Å². The fourth-order valence-corrected chi connectivity index (χ4v) is 3.13. The number of hydrogen-bond acceptors (Lipinski definition) is 4. The topological polar surface area (TPSA) is 39.6 Å². The van der Waals surface area contributed by atoms with Gasteiger partial charge < -0.3 is 14.9 Å². The van der Waals surface area contributed by atoms with E-state index in [0.717, 1.165) is 55.4 Å². The van der Waals surface area contributed by atoms with E-state index < -0.39 is 6.10 Å². The molecule has 2 heterocycles. The van der Waals surface area contributed by atoms with Gasteiger partial charge in [-0.3, -0.25) is 0 Å². The molecule has 0 aliphatic carbocycles. The molecule has 4 heteroatoms. The van der Waals surface area contributed by atoms with Crippen molar-refractivity contribution >= 4 is 5.82 Å². The number of nitrogens with zero attached hydrogens (tertiary/aromatic N) is 3. The number of rotatable bonds is 4. The van der Waals surface area contributed by atoms with Gasteiger partial charge in [0.15, 0.2) is 0 Å². The van der Waals surface area contributed by atoms with Gasteiger partial charge in [0.1, 0.15) is 11.9 Å². The number of hydrogen-bond donors (Lipinski definition) is 1. The average molecular weight is 311 g/mol. The highest BCUT2D eigenvalue weighted by molar-refractivity contribution is 5.44. The van der Waals surface area contributed by atoms with E-state index in [1.165, 1.54) is 0 Å². The molecule has 0 spiro atoms. The van der Waals surface area contributed by atoms with Gasteiger partial charge in [-0.15, -0.1) is 0 Å². The minimum atomic E-state index is -0.616. The van der Waals surface area contributed by atoms with Crippen LogP contribution in [-0.4, -0.2) is 47.7 Å². The Morgan fingerprint density at radius 3 is 2.35 bits per heavy atom. The number of aliphatic hydroxyl groups excluding tert-OH is 1. The fraction of sp³-hybridized carbons (Fsp3) is 0.421. The maximum absolute atomic E-state index is 10.6. The van der Waals surface area contributed by atoms with E-state index in [1.807, 2.05) is 49.4 Å². The van der Waals surface area contributed by atoms with Gasteiger partial charge in [-0.1, -0.05) is 43.3 Å². The summed E-state index contributed by atoms with van der Waals surface area (Å²) in [4.78, 5) is 9.53. The van der Waals surface area contributed by atoms with Crippen molar-refractivity contribution in [3.63, 3.8) is 0 Å². The van der Waals surface area contributed by atoms with Crippen LogP contribution in [-0.2, 0) is 0 Å². The van der Waals surface area contributed by atoms with Crippen molar-refractivity contribution in [1.29, 1.82) is 0 Å². The van der Waals surface area contributed by atoms with Crippen molar-refractivity contribution < 1.29 is 5.11 Å². The van der Waals surface area contributed by atoms with E-state index in [2.05, 4.69) is 16.7 Å². The van der Waals surface area contributed by atoms with Crippen LogP contribution in [0.15, 0.2) is 42.5 Å². The molecule has 1 aromatic heterocycles. The Kier molecular flexibility index (Phi) is 4.94. The van der Waals surface area contributed by atoms with Crippen LogP contribution < -0.4 is 4.90 Å². The molecule has 0 radical (unpaired) electrons. The third kappa shape index (κ3) is 3.54. The Morgan fingerprint density at radius 2 is 1.74 bits per heavy atom. The van der Waals surface area contributed by atoms with Crippen molar-refractivity contribution in [2.45, 2.75) is 20.0 Å². The highest BCUT2D eigenvalue weighted by Gasteiger charge is 2.19. The second-order valence-corrected chi connectivity index (χ2v) is 6.08. The highest BCUT2D eigenvalue weighted by atomic mass is 16.3. The van der Waals surface area contributed by atoms with Crippen molar-refractivity contribution in [3.05, 3.63) is 59.3 Å². The van der Waals surface area contributed by atoms with E-state index in [1.54, 1.807) is 0 Å². The standard InChI is InChI=1S/C19H25N3O/c1-3-21-11-13-22(14-12-21)18-10-9-17(15(2)20-18)19(23)16-7-5-4-6-8-16/h4-10,19,23H,3,11-14H2,1-2H3/t19-/m1/s1. The number of anilines is 1. The summed E-state index contributed by atoms with van der Waals surface area (Å²) in [5.41, 5.74) is 2.69. The first-order chi connectivity index (χ1) is 11.2. The Labute approximate surface area is 138 Å². The lowest BCUT2D eigenvalue weighted by Crippen LogP contribution is -2.46. The smallest absolute Gasteiger partial charge is 0.128 e. The summed E-state index contributed by atoms with van der Waals surface area (Å²) in [6.07, 6.45) is -0.616. The molecule has 1 fully saturated rings. The molecule has 23 heavy (non-hydrogen) atoms. The van der Waals surface area contributed by atoms with Crippen LogP contribution in [0.2, 0.25) is 0 Å². The van der Waals surface area contributed by atoms with Crippen LogP contribution in [0.4, 0.5) is 5.82 Å². The Balaban J connectivity index is 1.76. The van der Waals surface area contributed by atoms with E-state index in [-0.39, 0.29) is 0 Å². The van der Waals surface area contributed by atoms with Crippen molar-refractivity contribution in [2.24, 2.45) is 0 Å². The van der Waals surface area contributed by atoms with Crippen LogP contribution in [0.1, 0.15) is 29.8 Å². The zero-order chi connectivity index (χ0) is 16.2. The van der Waals surface area contributed by atoms with Gasteiger partial charge in [-0.25, -0.2) is 4.98 Å². The van der Waals surface area contributed by atoms with Crippen LogP contribution >= 0.6 is 0 Å². The molecule has 4 nitrogen and oxygen atoms in total. The van der Waals surface area contributed by atoms with Crippen LogP contribution in [0, 0.1) is 6.92 Å². The summed E-state index contributed by atoms with van der Waals surface area (Å²) >= 11 is 0. The Bertz CT molecular complexity index is 636. The second kappa shape index (κ2) is 7.11. The van der Waals surface area contributed by atoms with E-state index >= 15 is 0 Å². The first-order valence-corrected chi connectivity index (χ1v) is 8.37. The molecule has 0 unspecified atom stereocenters. The number of likely N-dealkylation sites (N-methyl/N-ethyl adjacent to an activating group) is 1. The minimum absolute atomic E-state index is 0.616. The highest BCUT2D eigenvalue weighted by Crippen LogP contribution is 2.26. The number of aliphatic hydroxyl groups is 1. The Hall–Kier alpha value is -1.91. The summed E-state index contributed by atoms with van der Waals surface area (Å²) in [5.74, 6) is 1.02. The van der Waals surface area contributed by atoms with Gasteiger partial charge in [0.05, 0.1) is 0 Å². The predicted octanol–water partition coefficient (Wildman–Crippen LogP) is 2.61. The summed E-state index contributed by atoms with van der Waals surface area (Å²) in [5, 5.41) is 10.6. The molecule has 1 aliphatic rings. The molecule has 122 valence electrons. The number of pyridine rings is 1. The molecular weight excluding hydrogens is 286 g/mol. The second-order valence-electron chi connectivity index (χ2n) is 6.08. The number of benzene rings is 1. The number of aryl methyl sites for hydroxylation is 1. The van der Waals surface area contributed by atoms with Crippen LogP contribution in [0.3, 0.4) is 0 Å².